The monoisotopic (exact) mass is 254 g/mol. The van der Waals surface area contributed by atoms with Crippen molar-refractivity contribution in [3.05, 3.63) is 59.2 Å². The van der Waals surface area contributed by atoms with Gasteiger partial charge in [-0.25, -0.2) is 0 Å². The second kappa shape index (κ2) is 5.89. The first-order valence-electron chi connectivity index (χ1n) is 6.79. The molecule has 0 aromatic heterocycles. The minimum absolute atomic E-state index is 0.600. The first-order valence-corrected chi connectivity index (χ1v) is 6.79. The van der Waals surface area contributed by atoms with E-state index in [9.17, 15) is 0 Å². The van der Waals surface area contributed by atoms with Gasteiger partial charge in [0.25, 0.3) is 0 Å². The number of anilines is 2. The number of rotatable bonds is 4. The van der Waals surface area contributed by atoms with E-state index in [0.29, 0.717) is 6.54 Å². The van der Waals surface area contributed by atoms with Crippen LogP contribution in [0.3, 0.4) is 0 Å². The SMILES string of the molecule is CCN(c1ccc(C)cc1)c1ccc(CN)c(C)c1. The summed E-state index contributed by atoms with van der Waals surface area (Å²) < 4.78 is 0. The minimum Gasteiger partial charge on any atom is -0.342 e. The molecule has 0 aliphatic carbocycles. The van der Waals surface area contributed by atoms with E-state index >= 15 is 0 Å². The van der Waals surface area contributed by atoms with Gasteiger partial charge in [0.1, 0.15) is 0 Å². The molecule has 0 heterocycles. The van der Waals surface area contributed by atoms with E-state index in [1.165, 1.54) is 28.1 Å². The summed E-state index contributed by atoms with van der Waals surface area (Å²) in [6, 6.07) is 15.1. The van der Waals surface area contributed by atoms with Gasteiger partial charge in [0.2, 0.25) is 0 Å². The molecule has 0 unspecified atom stereocenters. The van der Waals surface area contributed by atoms with Crippen LogP contribution in [0.4, 0.5) is 11.4 Å². The van der Waals surface area contributed by atoms with Gasteiger partial charge in [0.15, 0.2) is 0 Å². The largest absolute Gasteiger partial charge is 0.342 e. The molecule has 2 rings (SSSR count). The molecule has 2 N–H and O–H groups in total. The third-order valence-corrected chi connectivity index (χ3v) is 3.52. The molecule has 2 aromatic carbocycles. The van der Waals surface area contributed by atoms with Gasteiger partial charge in [-0.2, -0.15) is 0 Å². The van der Waals surface area contributed by atoms with E-state index in [2.05, 4.69) is 68.1 Å². The average molecular weight is 254 g/mol. The lowest BCUT2D eigenvalue weighted by Gasteiger charge is -2.24. The summed E-state index contributed by atoms with van der Waals surface area (Å²) in [7, 11) is 0. The summed E-state index contributed by atoms with van der Waals surface area (Å²) in [5, 5.41) is 0. The molecule has 0 saturated carbocycles. The van der Waals surface area contributed by atoms with Gasteiger partial charge in [0.05, 0.1) is 0 Å². The zero-order valence-electron chi connectivity index (χ0n) is 12.0. The third-order valence-electron chi connectivity index (χ3n) is 3.52. The lowest BCUT2D eigenvalue weighted by Crippen LogP contribution is -2.16. The van der Waals surface area contributed by atoms with Crippen molar-refractivity contribution in [2.45, 2.75) is 27.3 Å². The Balaban J connectivity index is 2.36. The fourth-order valence-corrected chi connectivity index (χ4v) is 2.32. The Morgan fingerprint density at radius 3 is 2.11 bits per heavy atom. The quantitative estimate of drug-likeness (QED) is 0.896. The van der Waals surface area contributed by atoms with Crippen LogP contribution in [0.25, 0.3) is 0 Å². The number of nitrogens with two attached hydrogens (primary N) is 1. The van der Waals surface area contributed by atoms with Crippen molar-refractivity contribution in [1.82, 2.24) is 0 Å². The molecule has 0 fully saturated rings. The molecule has 0 saturated heterocycles. The van der Waals surface area contributed by atoms with E-state index in [-0.39, 0.29) is 0 Å². The highest BCUT2D eigenvalue weighted by Gasteiger charge is 2.08. The van der Waals surface area contributed by atoms with Gasteiger partial charge >= 0.3 is 0 Å². The highest BCUT2D eigenvalue weighted by atomic mass is 15.1. The minimum atomic E-state index is 0.600. The molecular formula is C17H22N2. The normalized spacial score (nSPS) is 10.5. The topological polar surface area (TPSA) is 29.3 Å². The number of hydrogen-bond acceptors (Lipinski definition) is 2. The van der Waals surface area contributed by atoms with Gasteiger partial charge in [-0.05, 0) is 56.2 Å². The van der Waals surface area contributed by atoms with Gasteiger partial charge in [-0.3, -0.25) is 0 Å². The van der Waals surface area contributed by atoms with Crippen molar-refractivity contribution in [3.63, 3.8) is 0 Å². The van der Waals surface area contributed by atoms with Crippen molar-refractivity contribution >= 4 is 11.4 Å². The number of hydrogen-bond donors (Lipinski definition) is 1. The molecule has 0 aliphatic heterocycles. The standard InChI is InChI=1S/C17H22N2/c1-4-19(16-8-5-13(2)6-9-16)17-10-7-15(12-18)14(3)11-17/h5-11H,4,12,18H2,1-3H3. The molecule has 19 heavy (non-hydrogen) atoms. The molecule has 0 aliphatic rings. The first kappa shape index (κ1) is 13.6. The number of benzene rings is 2. The maximum Gasteiger partial charge on any atom is 0.0413 e. The molecule has 2 heteroatoms. The van der Waals surface area contributed by atoms with Crippen LogP contribution < -0.4 is 10.6 Å². The fourth-order valence-electron chi connectivity index (χ4n) is 2.32. The van der Waals surface area contributed by atoms with Crippen LogP contribution >= 0.6 is 0 Å². The molecular weight excluding hydrogens is 232 g/mol. The van der Waals surface area contributed by atoms with E-state index in [4.69, 9.17) is 5.73 Å². The van der Waals surface area contributed by atoms with Crippen molar-refractivity contribution in [2.75, 3.05) is 11.4 Å². The summed E-state index contributed by atoms with van der Waals surface area (Å²) in [5.74, 6) is 0. The van der Waals surface area contributed by atoms with Crippen LogP contribution in [0.1, 0.15) is 23.6 Å². The predicted molar refractivity (Wildman–Crippen MR) is 82.9 cm³/mol. The highest BCUT2D eigenvalue weighted by molar-refractivity contribution is 5.64. The number of nitrogens with zero attached hydrogens (tertiary/aromatic N) is 1. The van der Waals surface area contributed by atoms with Crippen LogP contribution in [-0.2, 0) is 6.54 Å². The smallest absolute Gasteiger partial charge is 0.0413 e. The van der Waals surface area contributed by atoms with E-state index in [1.54, 1.807) is 0 Å². The first-order chi connectivity index (χ1) is 9.15. The van der Waals surface area contributed by atoms with Crippen LogP contribution in [0.2, 0.25) is 0 Å². The van der Waals surface area contributed by atoms with Gasteiger partial charge in [-0.1, -0.05) is 23.8 Å². The second-order valence-corrected chi connectivity index (χ2v) is 4.89. The molecule has 0 spiro atoms. The van der Waals surface area contributed by atoms with Gasteiger partial charge in [-0.15, -0.1) is 0 Å². The maximum absolute atomic E-state index is 5.72. The number of aryl methyl sites for hydroxylation is 2. The van der Waals surface area contributed by atoms with Gasteiger partial charge in [0, 0.05) is 24.5 Å². The predicted octanol–water partition coefficient (Wildman–Crippen LogP) is 3.92. The maximum atomic E-state index is 5.72. The lowest BCUT2D eigenvalue weighted by atomic mass is 10.1. The van der Waals surface area contributed by atoms with Crippen molar-refractivity contribution in [1.29, 1.82) is 0 Å². The van der Waals surface area contributed by atoms with Crippen LogP contribution in [-0.4, -0.2) is 6.54 Å². The molecule has 2 nitrogen and oxygen atoms in total. The van der Waals surface area contributed by atoms with Crippen molar-refractivity contribution in [3.8, 4) is 0 Å². The van der Waals surface area contributed by atoms with Crippen molar-refractivity contribution in [2.24, 2.45) is 5.73 Å². The molecule has 0 amide bonds. The summed E-state index contributed by atoms with van der Waals surface area (Å²) in [6.45, 7) is 7.95. The third kappa shape index (κ3) is 2.96. The van der Waals surface area contributed by atoms with Crippen LogP contribution in [0.5, 0.6) is 0 Å². The fraction of sp³-hybridized carbons (Fsp3) is 0.294. The molecule has 0 atom stereocenters. The Morgan fingerprint density at radius 1 is 0.947 bits per heavy atom. The summed E-state index contributed by atoms with van der Waals surface area (Å²) >= 11 is 0. The Hall–Kier alpha value is -1.80. The lowest BCUT2D eigenvalue weighted by molar-refractivity contribution is 1.01. The van der Waals surface area contributed by atoms with E-state index in [1.807, 2.05) is 0 Å². The average Bonchev–Trinajstić information content (AvgIpc) is 2.42. The summed E-state index contributed by atoms with van der Waals surface area (Å²) in [6.07, 6.45) is 0. The Kier molecular flexibility index (Phi) is 4.23. The molecule has 2 aromatic rings. The zero-order chi connectivity index (χ0) is 13.8. The van der Waals surface area contributed by atoms with E-state index < -0.39 is 0 Å². The Labute approximate surface area is 115 Å². The Morgan fingerprint density at radius 2 is 1.58 bits per heavy atom. The zero-order valence-corrected chi connectivity index (χ0v) is 12.0. The Bertz CT molecular complexity index is 544. The summed E-state index contributed by atoms with van der Waals surface area (Å²) in [4.78, 5) is 2.31. The highest BCUT2D eigenvalue weighted by Crippen LogP contribution is 2.27. The molecule has 0 bridgehead atoms. The summed E-state index contributed by atoms with van der Waals surface area (Å²) in [5.41, 5.74) is 11.9. The molecule has 100 valence electrons. The van der Waals surface area contributed by atoms with Crippen molar-refractivity contribution < 1.29 is 0 Å². The second-order valence-electron chi connectivity index (χ2n) is 4.89. The molecule has 0 radical (unpaired) electrons. The van der Waals surface area contributed by atoms with Crippen LogP contribution in [0, 0.1) is 13.8 Å². The van der Waals surface area contributed by atoms with Gasteiger partial charge < -0.3 is 10.6 Å². The van der Waals surface area contributed by atoms with Crippen LogP contribution in [0.15, 0.2) is 42.5 Å². The van der Waals surface area contributed by atoms with E-state index in [0.717, 1.165) is 6.54 Å².